The summed E-state index contributed by atoms with van der Waals surface area (Å²) in [7, 11) is 0. The minimum Gasteiger partial charge on any atom is -0.368 e. The molecule has 2 aliphatic heterocycles. The molecule has 3 aromatic rings. The third-order valence-electron chi connectivity index (χ3n) is 8.70. The van der Waals surface area contributed by atoms with E-state index < -0.39 is 0 Å². The minimum absolute atomic E-state index is 0.162. The molecule has 2 saturated heterocycles. The first kappa shape index (κ1) is 28.6. The van der Waals surface area contributed by atoms with Gasteiger partial charge in [-0.3, -0.25) is 4.79 Å². The molecule has 1 saturated carbocycles. The predicted octanol–water partition coefficient (Wildman–Crippen LogP) is 7.44. The molecule has 0 radical (unpaired) electrons. The van der Waals surface area contributed by atoms with Crippen LogP contribution in [-0.2, 0) is 5.75 Å². The first-order chi connectivity index (χ1) is 19.6. The molecular formula is C32H37Cl2N5OS. The second-order valence-corrected chi connectivity index (χ2v) is 14.7. The van der Waals surface area contributed by atoms with E-state index in [0.29, 0.717) is 27.5 Å². The van der Waals surface area contributed by atoms with Crippen LogP contribution in [0.4, 0.5) is 11.5 Å². The van der Waals surface area contributed by atoms with Gasteiger partial charge < -0.3 is 14.7 Å². The van der Waals surface area contributed by atoms with E-state index in [0.717, 1.165) is 67.5 Å². The number of rotatable bonds is 6. The molecule has 2 unspecified atom stereocenters. The summed E-state index contributed by atoms with van der Waals surface area (Å²) >= 11 is 14.0. The lowest BCUT2D eigenvalue weighted by Crippen LogP contribution is -2.46. The van der Waals surface area contributed by atoms with Gasteiger partial charge in [-0.1, -0.05) is 67.9 Å². The van der Waals surface area contributed by atoms with E-state index in [1.807, 2.05) is 30.3 Å². The molecule has 3 aliphatic rings. The molecule has 2 aromatic carbocycles. The molecule has 2 bridgehead atoms. The Labute approximate surface area is 257 Å². The highest BCUT2D eigenvalue weighted by Gasteiger charge is 2.51. The van der Waals surface area contributed by atoms with Crippen LogP contribution in [0.3, 0.4) is 0 Å². The van der Waals surface area contributed by atoms with Crippen molar-refractivity contribution in [2.75, 3.05) is 42.5 Å². The smallest absolute Gasteiger partial charge is 0.254 e. The number of nitrogens with zero attached hydrogens (tertiary/aromatic N) is 5. The van der Waals surface area contributed by atoms with Crippen molar-refractivity contribution >= 4 is 52.4 Å². The summed E-state index contributed by atoms with van der Waals surface area (Å²) in [5.74, 6) is 1.73. The lowest BCUT2D eigenvalue weighted by molar-refractivity contribution is 0.0708. The van der Waals surface area contributed by atoms with E-state index in [1.165, 1.54) is 12.1 Å². The fourth-order valence-corrected chi connectivity index (χ4v) is 8.38. The van der Waals surface area contributed by atoms with Crippen molar-refractivity contribution in [3.05, 3.63) is 75.9 Å². The van der Waals surface area contributed by atoms with Gasteiger partial charge in [0.25, 0.3) is 5.91 Å². The van der Waals surface area contributed by atoms with Gasteiger partial charge in [0.1, 0.15) is 11.0 Å². The van der Waals surface area contributed by atoms with Crippen LogP contribution in [0.15, 0.2) is 59.8 Å². The fraction of sp³-hybridized carbons (Fsp3) is 0.469. The van der Waals surface area contributed by atoms with Crippen LogP contribution in [0.2, 0.25) is 10.2 Å². The molecule has 6 nitrogen and oxygen atoms in total. The molecule has 3 fully saturated rings. The van der Waals surface area contributed by atoms with E-state index in [9.17, 15) is 4.79 Å². The van der Waals surface area contributed by atoms with Gasteiger partial charge in [-0.15, -0.1) is 0 Å². The maximum atomic E-state index is 13.4. The Morgan fingerprint density at radius 1 is 0.927 bits per heavy atom. The Bertz CT molecular complexity index is 1410. The van der Waals surface area contributed by atoms with E-state index in [-0.39, 0.29) is 11.3 Å². The van der Waals surface area contributed by atoms with Gasteiger partial charge in [-0.05, 0) is 72.1 Å². The highest BCUT2D eigenvalue weighted by atomic mass is 35.5. The monoisotopic (exact) mass is 609 g/mol. The van der Waals surface area contributed by atoms with Gasteiger partial charge >= 0.3 is 0 Å². The molecule has 1 aliphatic carbocycles. The van der Waals surface area contributed by atoms with Crippen molar-refractivity contribution in [1.29, 1.82) is 0 Å². The lowest BCUT2D eigenvalue weighted by Gasteiger charge is -2.39. The summed E-state index contributed by atoms with van der Waals surface area (Å²) < 4.78 is 0. The number of amides is 1. The van der Waals surface area contributed by atoms with Crippen molar-refractivity contribution < 1.29 is 4.79 Å². The van der Waals surface area contributed by atoms with Gasteiger partial charge in [0.2, 0.25) is 0 Å². The van der Waals surface area contributed by atoms with Crippen LogP contribution in [0, 0.1) is 10.8 Å². The summed E-state index contributed by atoms with van der Waals surface area (Å²) in [5.41, 5.74) is 3.61. The Hall–Kier alpha value is -2.48. The first-order valence-electron chi connectivity index (χ1n) is 14.4. The quantitative estimate of drug-likeness (QED) is 0.164. The number of thioether (sulfide) groups is 1. The molecule has 3 heterocycles. The number of piperazine rings is 1. The summed E-state index contributed by atoms with van der Waals surface area (Å²) in [4.78, 5) is 29.5. The van der Waals surface area contributed by atoms with Crippen LogP contribution >= 0.6 is 35.0 Å². The van der Waals surface area contributed by atoms with Crippen molar-refractivity contribution in [2.24, 2.45) is 10.8 Å². The number of aromatic nitrogens is 2. The van der Waals surface area contributed by atoms with Gasteiger partial charge in [0.05, 0.1) is 0 Å². The molecule has 6 rings (SSSR count). The molecule has 0 spiro atoms. The number of carbonyl (C=O) groups excluding carboxylic acids is 1. The van der Waals surface area contributed by atoms with Gasteiger partial charge in [0.15, 0.2) is 5.16 Å². The molecule has 1 amide bonds. The van der Waals surface area contributed by atoms with Crippen LogP contribution in [0.5, 0.6) is 0 Å². The maximum absolute atomic E-state index is 13.4. The number of anilines is 2. The maximum Gasteiger partial charge on any atom is 0.254 e. The Kier molecular flexibility index (Phi) is 7.90. The summed E-state index contributed by atoms with van der Waals surface area (Å²) in [6, 6.07) is 18.2. The Morgan fingerprint density at radius 2 is 1.61 bits per heavy atom. The fourth-order valence-electron chi connectivity index (χ4n) is 7.21. The molecule has 2 atom stereocenters. The molecule has 0 N–H and O–H groups in total. The van der Waals surface area contributed by atoms with Crippen LogP contribution in [0.1, 0.15) is 56.0 Å². The largest absolute Gasteiger partial charge is 0.368 e. The third kappa shape index (κ3) is 6.47. The minimum atomic E-state index is 0.162. The van der Waals surface area contributed by atoms with E-state index in [1.54, 1.807) is 11.8 Å². The van der Waals surface area contributed by atoms with Crippen molar-refractivity contribution in [3.63, 3.8) is 0 Å². The molecule has 41 heavy (non-hydrogen) atoms. The van der Waals surface area contributed by atoms with E-state index in [4.69, 9.17) is 28.2 Å². The standard InChI is InChI=1S/C32H37Cl2N5OS/c1-31(2)17-26-18-32(3,20-31)21-39(26)29(40)23-6-4-22(5-7-23)19-41-30-35-27(34)16-28(36-30)38-14-12-37(13-15-38)25-10-8-24(33)9-11-25/h4-11,16,26H,12-15,17-21H2,1-3H3. The zero-order chi connectivity index (χ0) is 28.8. The second-order valence-electron chi connectivity index (χ2n) is 12.9. The number of hydrogen-bond acceptors (Lipinski definition) is 6. The topological polar surface area (TPSA) is 52.6 Å². The van der Waals surface area contributed by atoms with Crippen LogP contribution in [-0.4, -0.2) is 59.5 Å². The number of likely N-dealkylation sites (tertiary alicyclic amines) is 1. The average molecular weight is 611 g/mol. The second kappa shape index (κ2) is 11.3. The predicted molar refractivity (Wildman–Crippen MR) is 169 cm³/mol. The number of benzene rings is 2. The van der Waals surface area contributed by atoms with Crippen molar-refractivity contribution in [3.8, 4) is 0 Å². The highest BCUT2D eigenvalue weighted by Crippen LogP contribution is 2.52. The summed E-state index contributed by atoms with van der Waals surface area (Å²) in [6.45, 7) is 11.4. The summed E-state index contributed by atoms with van der Waals surface area (Å²) in [5, 5.41) is 1.86. The number of carbonyl (C=O) groups is 1. The van der Waals surface area contributed by atoms with E-state index >= 15 is 0 Å². The van der Waals surface area contributed by atoms with Crippen LogP contribution < -0.4 is 9.80 Å². The molecule has 1 aromatic heterocycles. The van der Waals surface area contributed by atoms with Gasteiger partial charge in [-0.25, -0.2) is 9.97 Å². The normalized spacial score (nSPS) is 23.6. The zero-order valence-electron chi connectivity index (χ0n) is 23.9. The molecule has 9 heteroatoms. The molecular weight excluding hydrogens is 573 g/mol. The number of fused-ring (bicyclic) bond motifs is 2. The average Bonchev–Trinajstić information content (AvgIpc) is 3.20. The SMILES string of the molecule is CC1(C)CC2CC(C)(CN2C(=O)c2ccc(CSc3nc(Cl)cc(N4CCN(c5ccc(Cl)cc5)CC4)n3)cc2)C1. The zero-order valence-corrected chi connectivity index (χ0v) is 26.3. The Balaban J connectivity index is 1.05. The van der Waals surface area contributed by atoms with Crippen molar-refractivity contribution in [1.82, 2.24) is 14.9 Å². The third-order valence-corrected chi connectivity index (χ3v) is 10.1. The number of halogens is 2. The number of hydrogen-bond donors (Lipinski definition) is 0. The van der Waals surface area contributed by atoms with Crippen molar-refractivity contribution in [2.45, 2.75) is 57.0 Å². The van der Waals surface area contributed by atoms with Gasteiger partial charge in [0, 0.05) is 66.9 Å². The van der Waals surface area contributed by atoms with E-state index in [2.05, 4.69) is 64.7 Å². The summed E-state index contributed by atoms with van der Waals surface area (Å²) in [6.07, 6.45) is 3.39. The lowest BCUT2D eigenvalue weighted by atomic mass is 9.65. The Morgan fingerprint density at radius 3 is 2.32 bits per heavy atom. The van der Waals surface area contributed by atoms with Crippen LogP contribution in [0.25, 0.3) is 0 Å². The first-order valence-corrected chi connectivity index (χ1v) is 16.1. The van der Waals surface area contributed by atoms with Gasteiger partial charge in [-0.2, -0.15) is 0 Å². The molecule has 216 valence electrons. The highest BCUT2D eigenvalue weighted by molar-refractivity contribution is 7.98.